The number of aryl methyl sites for hydroxylation is 1. The Bertz CT molecular complexity index is 636. The maximum Gasteiger partial charge on any atom is 0.389 e. The lowest BCUT2D eigenvalue weighted by molar-refractivity contribution is -0.134. The largest absolute Gasteiger partial charge is 0.389 e. The van der Waals surface area contributed by atoms with Crippen LogP contribution in [0.2, 0.25) is 0 Å². The number of aromatic amines is 1. The first-order valence-electron chi connectivity index (χ1n) is 5.10. The van der Waals surface area contributed by atoms with Gasteiger partial charge >= 0.3 is 6.18 Å². The molecule has 2 aromatic rings. The molecular weight excluding hydrogens is 313 g/mol. The summed E-state index contributed by atoms with van der Waals surface area (Å²) in [7, 11) is 0. The Kier molecular flexibility index (Phi) is 3.43. The van der Waals surface area contributed by atoms with E-state index in [9.17, 15) is 18.0 Å². The average Bonchev–Trinajstić information content (AvgIpc) is 2.24. The zero-order valence-corrected chi connectivity index (χ0v) is 10.6. The quantitative estimate of drug-likeness (QED) is 0.923. The summed E-state index contributed by atoms with van der Waals surface area (Å²) in [4.78, 5) is 18.0. The molecule has 1 aromatic carbocycles. The third kappa shape index (κ3) is 3.10. The molecule has 0 aliphatic rings. The average molecular weight is 321 g/mol. The van der Waals surface area contributed by atoms with Gasteiger partial charge in [-0.05, 0) is 18.2 Å². The molecule has 0 fully saturated rings. The highest BCUT2D eigenvalue weighted by atomic mass is 79.9. The van der Waals surface area contributed by atoms with Crippen molar-refractivity contribution in [3.8, 4) is 0 Å². The van der Waals surface area contributed by atoms with Gasteiger partial charge in [0.25, 0.3) is 5.56 Å². The molecule has 2 rings (SSSR count). The highest BCUT2D eigenvalue weighted by Crippen LogP contribution is 2.21. The predicted molar refractivity (Wildman–Crippen MR) is 64.4 cm³/mol. The van der Waals surface area contributed by atoms with Gasteiger partial charge in [-0.3, -0.25) is 4.79 Å². The summed E-state index contributed by atoms with van der Waals surface area (Å²) in [5.74, 6) is 0.0444. The highest BCUT2D eigenvalue weighted by Gasteiger charge is 2.27. The monoisotopic (exact) mass is 320 g/mol. The van der Waals surface area contributed by atoms with Gasteiger partial charge in [-0.15, -0.1) is 0 Å². The molecule has 7 heteroatoms. The van der Waals surface area contributed by atoms with E-state index < -0.39 is 18.2 Å². The van der Waals surface area contributed by atoms with Gasteiger partial charge in [-0.2, -0.15) is 13.2 Å². The van der Waals surface area contributed by atoms with Crippen LogP contribution in [0.1, 0.15) is 12.2 Å². The van der Waals surface area contributed by atoms with E-state index in [1.807, 2.05) is 0 Å². The Morgan fingerprint density at radius 1 is 1.33 bits per heavy atom. The third-order valence-corrected chi connectivity index (χ3v) is 2.86. The minimum absolute atomic E-state index is 0.0444. The number of H-pyrrole nitrogens is 1. The first-order chi connectivity index (χ1) is 8.35. The van der Waals surface area contributed by atoms with Gasteiger partial charge in [-0.25, -0.2) is 4.98 Å². The minimum atomic E-state index is -4.26. The summed E-state index contributed by atoms with van der Waals surface area (Å²) in [6.07, 6.45) is -5.60. The molecule has 0 aliphatic carbocycles. The van der Waals surface area contributed by atoms with Crippen molar-refractivity contribution in [3.63, 3.8) is 0 Å². The molecular formula is C11H8BrF3N2O. The van der Waals surface area contributed by atoms with Crippen LogP contribution in [0.25, 0.3) is 10.9 Å². The van der Waals surface area contributed by atoms with E-state index in [0.29, 0.717) is 10.9 Å². The molecule has 0 unspecified atom stereocenters. The number of nitrogens with one attached hydrogen (secondary N) is 1. The molecule has 1 N–H and O–H groups in total. The second kappa shape index (κ2) is 4.72. The molecule has 0 bridgehead atoms. The number of rotatable bonds is 2. The van der Waals surface area contributed by atoms with Gasteiger partial charge in [0.2, 0.25) is 0 Å². The smallest absolute Gasteiger partial charge is 0.310 e. The number of hydrogen-bond acceptors (Lipinski definition) is 2. The Morgan fingerprint density at radius 3 is 2.72 bits per heavy atom. The fraction of sp³-hybridized carbons (Fsp3) is 0.273. The van der Waals surface area contributed by atoms with Crippen molar-refractivity contribution in [3.05, 3.63) is 38.9 Å². The first-order valence-corrected chi connectivity index (χ1v) is 5.90. The first kappa shape index (κ1) is 13.1. The van der Waals surface area contributed by atoms with Gasteiger partial charge in [-0.1, -0.05) is 15.9 Å². The van der Waals surface area contributed by atoms with E-state index in [1.165, 1.54) is 0 Å². The van der Waals surface area contributed by atoms with Crippen LogP contribution in [-0.2, 0) is 6.42 Å². The van der Waals surface area contributed by atoms with Gasteiger partial charge < -0.3 is 4.98 Å². The van der Waals surface area contributed by atoms with Crippen molar-refractivity contribution in [1.29, 1.82) is 0 Å². The van der Waals surface area contributed by atoms with Crippen LogP contribution in [0.15, 0.2) is 27.5 Å². The van der Waals surface area contributed by atoms with E-state index in [4.69, 9.17) is 0 Å². The number of fused-ring (bicyclic) bond motifs is 1. The molecule has 0 saturated heterocycles. The molecule has 3 nitrogen and oxygen atoms in total. The number of alkyl halides is 3. The molecule has 0 radical (unpaired) electrons. The van der Waals surface area contributed by atoms with Gasteiger partial charge in [0.05, 0.1) is 17.3 Å². The number of benzene rings is 1. The van der Waals surface area contributed by atoms with Crippen molar-refractivity contribution in [2.75, 3.05) is 0 Å². The molecule has 0 atom stereocenters. The number of hydrogen-bond donors (Lipinski definition) is 1. The number of aromatic nitrogens is 2. The Morgan fingerprint density at radius 2 is 2.06 bits per heavy atom. The van der Waals surface area contributed by atoms with E-state index in [0.717, 1.165) is 4.47 Å². The third-order valence-electron chi connectivity index (χ3n) is 2.36. The summed E-state index contributed by atoms with van der Waals surface area (Å²) < 4.78 is 37.0. The maximum absolute atomic E-state index is 12.1. The Balaban J connectivity index is 2.39. The van der Waals surface area contributed by atoms with E-state index >= 15 is 0 Å². The SMILES string of the molecule is O=c1[nH]c(CCC(F)(F)F)nc2cc(Br)ccc12. The van der Waals surface area contributed by atoms with Crippen LogP contribution in [0.5, 0.6) is 0 Å². The lowest BCUT2D eigenvalue weighted by Gasteiger charge is -2.06. The normalized spacial score (nSPS) is 12.0. The van der Waals surface area contributed by atoms with Crippen LogP contribution in [-0.4, -0.2) is 16.1 Å². The molecule has 0 saturated carbocycles. The van der Waals surface area contributed by atoms with Crippen LogP contribution in [0.4, 0.5) is 13.2 Å². The van der Waals surface area contributed by atoms with Crippen molar-refractivity contribution in [1.82, 2.24) is 9.97 Å². The standard InChI is InChI=1S/C11H8BrF3N2O/c12-6-1-2-7-8(5-6)16-9(17-10(7)18)3-4-11(13,14)15/h1-2,5H,3-4H2,(H,16,17,18). The second-order valence-electron chi connectivity index (χ2n) is 3.79. The molecule has 0 spiro atoms. The zero-order chi connectivity index (χ0) is 13.3. The Labute approximate surface area is 108 Å². The van der Waals surface area contributed by atoms with Crippen LogP contribution < -0.4 is 5.56 Å². The summed E-state index contributed by atoms with van der Waals surface area (Å²) >= 11 is 3.22. The second-order valence-corrected chi connectivity index (χ2v) is 4.70. The molecule has 1 heterocycles. The van der Waals surface area contributed by atoms with E-state index in [1.54, 1.807) is 18.2 Å². The molecule has 18 heavy (non-hydrogen) atoms. The van der Waals surface area contributed by atoms with E-state index in [-0.39, 0.29) is 12.2 Å². The summed E-state index contributed by atoms with van der Waals surface area (Å²) in [6.45, 7) is 0. The Hall–Kier alpha value is -1.37. The van der Waals surface area contributed by atoms with Gasteiger partial charge in [0.15, 0.2) is 0 Å². The molecule has 0 amide bonds. The van der Waals surface area contributed by atoms with Crippen LogP contribution in [0.3, 0.4) is 0 Å². The van der Waals surface area contributed by atoms with Crippen molar-refractivity contribution >= 4 is 26.8 Å². The van der Waals surface area contributed by atoms with Crippen LogP contribution >= 0.6 is 15.9 Å². The molecule has 1 aromatic heterocycles. The van der Waals surface area contributed by atoms with Crippen molar-refractivity contribution < 1.29 is 13.2 Å². The van der Waals surface area contributed by atoms with Gasteiger partial charge in [0, 0.05) is 10.9 Å². The number of halogens is 4. The van der Waals surface area contributed by atoms with Gasteiger partial charge in [0.1, 0.15) is 5.82 Å². The fourth-order valence-electron chi connectivity index (χ4n) is 1.54. The summed E-state index contributed by atoms with van der Waals surface area (Å²) in [5, 5.41) is 0.356. The van der Waals surface area contributed by atoms with Crippen molar-refractivity contribution in [2.45, 2.75) is 19.0 Å². The van der Waals surface area contributed by atoms with Crippen molar-refractivity contribution in [2.24, 2.45) is 0 Å². The lowest BCUT2D eigenvalue weighted by Crippen LogP contribution is -2.15. The summed E-state index contributed by atoms with van der Waals surface area (Å²) in [6, 6.07) is 4.84. The molecule has 96 valence electrons. The zero-order valence-electron chi connectivity index (χ0n) is 9.01. The lowest BCUT2D eigenvalue weighted by atomic mass is 10.2. The van der Waals surface area contributed by atoms with E-state index in [2.05, 4.69) is 25.9 Å². The minimum Gasteiger partial charge on any atom is -0.310 e. The summed E-state index contributed by atoms with van der Waals surface area (Å²) in [5.41, 5.74) is -0.0463. The predicted octanol–water partition coefficient (Wildman–Crippen LogP) is 3.18. The topological polar surface area (TPSA) is 45.8 Å². The van der Waals surface area contributed by atoms with Crippen LogP contribution in [0, 0.1) is 0 Å². The molecule has 0 aliphatic heterocycles. The number of nitrogens with zero attached hydrogens (tertiary/aromatic N) is 1. The fourth-order valence-corrected chi connectivity index (χ4v) is 1.89. The highest BCUT2D eigenvalue weighted by molar-refractivity contribution is 9.10. The maximum atomic E-state index is 12.1.